The molecule has 0 aromatic rings. The van der Waals surface area contributed by atoms with Gasteiger partial charge in [0, 0.05) is 42.3 Å². The molecule has 3 aliphatic heterocycles. The normalized spacial score (nSPS) is 42.9. The van der Waals surface area contributed by atoms with E-state index in [0.717, 1.165) is 19.3 Å². The molecule has 3 N–H and O–H groups in total. The number of hydrogen-bond acceptors (Lipinski definition) is 14. The van der Waals surface area contributed by atoms with Gasteiger partial charge in [-0.15, -0.1) is 0 Å². The Labute approximate surface area is 319 Å². The van der Waals surface area contributed by atoms with Gasteiger partial charge in [-0.2, -0.15) is 0 Å². The Balaban J connectivity index is 1.98. The standard InChI is InChI=1S/C38H67NO11S2/c1-12-28-38(8,45)33(43)23(4)30(41)21(2)20-37(7,46-11)34(24(5)31(42)25(6)35(44)48-28)50-36-32(27(39(9)10)19-22(3)47-36)49-29(40)16-14-13-15-26-17-18-51-52-26/h21-28,31-34,36,42-43,45H,12-20H2,1-11H3/t21-,22-,23+,24+,25-,26-,27+,28-,31+,32-,33-,34-,36+,37-,38-/m1/s1. The van der Waals surface area contributed by atoms with Gasteiger partial charge in [-0.05, 0) is 80.3 Å². The predicted octanol–water partition coefficient (Wildman–Crippen LogP) is 4.78. The van der Waals surface area contributed by atoms with Crippen molar-refractivity contribution in [1.82, 2.24) is 4.90 Å². The fourth-order valence-electron chi connectivity index (χ4n) is 8.11. The summed E-state index contributed by atoms with van der Waals surface area (Å²) in [5.41, 5.74) is -3.18. The minimum atomic E-state index is -1.94. The number of aliphatic hydroxyl groups is 3. The van der Waals surface area contributed by atoms with Gasteiger partial charge in [-0.1, -0.05) is 55.7 Å². The minimum absolute atomic E-state index is 0.112. The average Bonchev–Trinajstić information content (AvgIpc) is 3.63. The first-order valence-electron chi connectivity index (χ1n) is 19.1. The predicted molar refractivity (Wildman–Crippen MR) is 203 cm³/mol. The minimum Gasteiger partial charge on any atom is -0.459 e. The van der Waals surface area contributed by atoms with E-state index in [1.807, 2.05) is 47.5 Å². The van der Waals surface area contributed by atoms with Crippen LogP contribution in [0.5, 0.6) is 0 Å². The zero-order chi connectivity index (χ0) is 39.1. The Hall–Kier alpha value is -0.970. The first-order valence-corrected chi connectivity index (χ1v) is 21.5. The summed E-state index contributed by atoms with van der Waals surface area (Å²) in [5.74, 6) is -3.80. The maximum absolute atomic E-state index is 13.9. The van der Waals surface area contributed by atoms with Crippen LogP contribution in [0.4, 0.5) is 0 Å². The largest absolute Gasteiger partial charge is 0.459 e. The summed E-state index contributed by atoms with van der Waals surface area (Å²) in [4.78, 5) is 42.8. The molecule has 52 heavy (non-hydrogen) atoms. The Kier molecular flexibility index (Phi) is 17.3. The third kappa shape index (κ3) is 11.1. The van der Waals surface area contributed by atoms with Crippen molar-refractivity contribution in [3.8, 4) is 0 Å². The quantitative estimate of drug-likeness (QED) is 0.149. The van der Waals surface area contributed by atoms with E-state index in [0.29, 0.717) is 11.7 Å². The van der Waals surface area contributed by atoms with Crippen LogP contribution in [0, 0.1) is 23.7 Å². The zero-order valence-electron chi connectivity index (χ0n) is 33.2. The molecule has 0 aromatic heterocycles. The molecule has 0 saturated carbocycles. The second kappa shape index (κ2) is 19.8. The second-order valence-electron chi connectivity index (χ2n) is 16.1. The van der Waals surface area contributed by atoms with E-state index < -0.39 is 77.7 Å². The molecule has 0 spiro atoms. The number of carbonyl (C=O) groups is 3. The third-order valence-electron chi connectivity index (χ3n) is 11.7. The van der Waals surface area contributed by atoms with Crippen molar-refractivity contribution < 1.29 is 53.4 Å². The molecule has 3 heterocycles. The molecule has 3 saturated heterocycles. The monoisotopic (exact) mass is 777 g/mol. The van der Waals surface area contributed by atoms with Crippen LogP contribution in [0.15, 0.2) is 0 Å². The van der Waals surface area contributed by atoms with Crippen LogP contribution in [0.2, 0.25) is 0 Å². The van der Waals surface area contributed by atoms with Gasteiger partial charge < -0.3 is 43.9 Å². The topological polar surface area (TPSA) is 161 Å². The van der Waals surface area contributed by atoms with E-state index >= 15 is 0 Å². The first kappa shape index (κ1) is 45.4. The average molecular weight is 778 g/mol. The van der Waals surface area contributed by atoms with Crippen molar-refractivity contribution in [2.24, 2.45) is 23.7 Å². The number of rotatable bonds is 11. The molecule has 0 aromatic carbocycles. The number of Topliss-reactive ketones (excluding diaryl/α,β-unsaturated/α-hetero) is 1. The highest BCUT2D eigenvalue weighted by Gasteiger charge is 2.52. The van der Waals surface area contributed by atoms with Crippen LogP contribution in [-0.2, 0) is 38.1 Å². The number of cyclic esters (lactones) is 1. The summed E-state index contributed by atoms with van der Waals surface area (Å²) in [6, 6.07) is -0.243. The van der Waals surface area contributed by atoms with E-state index in [-0.39, 0.29) is 43.2 Å². The number of methoxy groups -OCH3 is 1. The number of likely N-dealkylation sites (N-methyl/N-ethyl adjacent to an activating group) is 1. The number of aliphatic hydroxyl groups excluding tert-OH is 2. The van der Waals surface area contributed by atoms with Gasteiger partial charge in [0.25, 0.3) is 0 Å². The number of ether oxygens (including phenoxy) is 5. The smallest absolute Gasteiger partial charge is 0.311 e. The number of carbonyl (C=O) groups excluding carboxylic acids is 3. The van der Waals surface area contributed by atoms with E-state index in [4.69, 9.17) is 23.7 Å². The maximum atomic E-state index is 13.9. The lowest BCUT2D eigenvalue weighted by Gasteiger charge is -2.48. The lowest BCUT2D eigenvalue weighted by atomic mass is 9.74. The van der Waals surface area contributed by atoms with Crippen LogP contribution >= 0.6 is 21.6 Å². The molecular formula is C38H67NO11S2. The van der Waals surface area contributed by atoms with Gasteiger partial charge in [0.1, 0.15) is 17.5 Å². The lowest BCUT2D eigenvalue weighted by Crippen LogP contribution is -2.61. The molecular weight excluding hydrogens is 711 g/mol. The van der Waals surface area contributed by atoms with Gasteiger partial charge in [-0.3, -0.25) is 14.4 Å². The highest BCUT2D eigenvalue weighted by atomic mass is 33.1. The molecule has 3 aliphatic rings. The summed E-state index contributed by atoms with van der Waals surface area (Å²) in [7, 11) is 9.17. The SMILES string of the molecule is CC[C@H]1OC(=O)[C@H](C)[C@@H](O)[C@H](C)[C@@H](O[C@@H]2O[C@H](C)C[C@H](N(C)C)[C@H]2OC(=O)CCCC[C@@H]2CCSS2)[C@](C)(OC)C[C@@H](C)C(=O)[C@H](C)[C@@H](O)[C@]1(C)O. The van der Waals surface area contributed by atoms with Crippen molar-refractivity contribution in [2.45, 2.75) is 172 Å². The highest BCUT2D eigenvalue weighted by molar-refractivity contribution is 8.77. The van der Waals surface area contributed by atoms with Crippen LogP contribution < -0.4 is 0 Å². The van der Waals surface area contributed by atoms with E-state index in [1.165, 1.54) is 26.2 Å². The zero-order valence-corrected chi connectivity index (χ0v) is 34.9. The van der Waals surface area contributed by atoms with Crippen molar-refractivity contribution in [3.63, 3.8) is 0 Å². The molecule has 14 heteroatoms. The van der Waals surface area contributed by atoms with Crippen molar-refractivity contribution in [1.29, 1.82) is 0 Å². The van der Waals surface area contributed by atoms with Crippen molar-refractivity contribution in [2.75, 3.05) is 27.0 Å². The van der Waals surface area contributed by atoms with Gasteiger partial charge in [0.2, 0.25) is 0 Å². The Morgan fingerprint density at radius 1 is 1.06 bits per heavy atom. The molecule has 0 aliphatic carbocycles. The molecule has 302 valence electrons. The van der Waals surface area contributed by atoms with Crippen LogP contribution in [0.3, 0.4) is 0 Å². The van der Waals surface area contributed by atoms with Crippen molar-refractivity contribution in [3.05, 3.63) is 0 Å². The first-order chi connectivity index (χ1) is 24.3. The summed E-state index contributed by atoms with van der Waals surface area (Å²) in [6.45, 7) is 13.3. The molecule has 15 atom stereocenters. The molecule has 3 fully saturated rings. The van der Waals surface area contributed by atoms with E-state index in [9.17, 15) is 29.7 Å². The molecule has 12 nitrogen and oxygen atoms in total. The number of esters is 2. The fourth-order valence-corrected chi connectivity index (χ4v) is 11.1. The van der Waals surface area contributed by atoms with E-state index in [2.05, 4.69) is 0 Å². The Morgan fingerprint density at radius 3 is 2.31 bits per heavy atom. The molecule has 0 radical (unpaired) electrons. The van der Waals surface area contributed by atoms with Crippen LogP contribution in [0.1, 0.15) is 107 Å². The fraction of sp³-hybridized carbons (Fsp3) is 0.921. The third-order valence-corrected chi connectivity index (χ3v) is 14.7. The number of ketones is 1. The number of nitrogens with zero attached hydrogens (tertiary/aromatic N) is 1. The Bertz CT molecular complexity index is 1170. The summed E-state index contributed by atoms with van der Waals surface area (Å²) >= 11 is 0. The van der Waals surface area contributed by atoms with Crippen LogP contribution in [0.25, 0.3) is 0 Å². The molecule has 3 rings (SSSR count). The van der Waals surface area contributed by atoms with Gasteiger partial charge in [-0.25, -0.2) is 0 Å². The Morgan fingerprint density at radius 2 is 1.73 bits per heavy atom. The second-order valence-corrected chi connectivity index (χ2v) is 18.9. The van der Waals surface area contributed by atoms with Gasteiger partial charge in [0.05, 0.1) is 42.0 Å². The van der Waals surface area contributed by atoms with Crippen LogP contribution in [-0.4, -0.2) is 130 Å². The molecule has 0 bridgehead atoms. The summed E-state index contributed by atoms with van der Waals surface area (Å²) in [5, 5.41) is 35.1. The number of unbranched alkanes of at least 4 members (excludes halogenated alkanes) is 1. The maximum Gasteiger partial charge on any atom is 0.311 e. The van der Waals surface area contributed by atoms with Crippen molar-refractivity contribution >= 4 is 39.3 Å². The number of hydrogen-bond donors (Lipinski definition) is 3. The van der Waals surface area contributed by atoms with Gasteiger partial charge >= 0.3 is 11.9 Å². The highest BCUT2D eigenvalue weighted by Crippen LogP contribution is 2.41. The summed E-state index contributed by atoms with van der Waals surface area (Å²) < 4.78 is 31.4. The lowest BCUT2D eigenvalue weighted by molar-refractivity contribution is -0.304. The summed E-state index contributed by atoms with van der Waals surface area (Å²) in [6.07, 6.45) is -2.06. The van der Waals surface area contributed by atoms with Gasteiger partial charge in [0.15, 0.2) is 12.4 Å². The van der Waals surface area contributed by atoms with E-state index in [1.54, 1.807) is 41.5 Å². The molecule has 0 amide bonds. The molecule has 0 unspecified atom stereocenters.